The lowest BCUT2D eigenvalue weighted by atomic mass is 9.95. The molecule has 1 saturated heterocycles. The van der Waals surface area contributed by atoms with Crippen molar-refractivity contribution in [2.75, 3.05) is 18.9 Å². The maximum Gasteiger partial charge on any atom is 0.295 e. The summed E-state index contributed by atoms with van der Waals surface area (Å²) in [6.07, 6.45) is 3.94. The van der Waals surface area contributed by atoms with E-state index in [2.05, 4.69) is 15.3 Å². The third-order valence-electron chi connectivity index (χ3n) is 4.59. The largest absolute Gasteiger partial charge is 0.424 e. The van der Waals surface area contributed by atoms with E-state index in [0.717, 1.165) is 5.56 Å². The maximum atomic E-state index is 13.3. The number of benzene rings is 1. The summed E-state index contributed by atoms with van der Waals surface area (Å²) in [5.74, 6) is -0.194. The van der Waals surface area contributed by atoms with Crippen molar-refractivity contribution in [2.24, 2.45) is 5.92 Å². The fraction of sp³-hybridized carbons (Fsp3) is 0.278. The normalized spacial score (nSPS) is 20.4. The molecule has 1 aliphatic heterocycles. The summed E-state index contributed by atoms with van der Waals surface area (Å²) in [5, 5.41) is 3.14. The van der Waals surface area contributed by atoms with Crippen molar-refractivity contribution in [3.8, 4) is 0 Å². The fourth-order valence-electron chi connectivity index (χ4n) is 3.38. The number of fused-ring (bicyclic) bond motifs is 1. The maximum absolute atomic E-state index is 13.3. The van der Waals surface area contributed by atoms with E-state index in [0.29, 0.717) is 30.1 Å². The number of anilines is 1. The Morgan fingerprint density at radius 1 is 1.40 bits per heavy atom. The first-order chi connectivity index (χ1) is 12.1. The highest BCUT2D eigenvalue weighted by molar-refractivity contribution is 5.79. The second-order valence-electron chi connectivity index (χ2n) is 6.21. The zero-order valence-corrected chi connectivity index (χ0v) is 13.6. The van der Waals surface area contributed by atoms with Gasteiger partial charge in [0, 0.05) is 44.4 Å². The van der Waals surface area contributed by atoms with Crippen LogP contribution in [0.5, 0.6) is 0 Å². The topological polar surface area (TPSA) is 71.3 Å². The van der Waals surface area contributed by atoms with Crippen LogP contribution in [0.2, 0.25) is 0 Å². The third-order valence-corrected chi connectivity index (χ3v) is 4.59. The summed E-state index contributed by atoms with van der Waals surface area (Å²) >= 11 is 0. The average Bonchev–Trinajstić information content (AvgIpc) is 3.14. The van der Waals surface area contributed by atoms with Gasteiger partial charge in [-0.3, -0.25) is 9.78 Å². The van der Waals surface area contributed by atoms with Crippen molar-refractivity contribution in [1.29, 1.82) is 0 Å². The molecular formula is C18H17FN4O2. The minimum atomic E-state index is -0.355. The summed E-state index contributed by atoms with van der Waals surface area (Å²) in [6, 6.07) is 8.33. The van der Waals surface area contributed by atoms with E-state index in [1.807, 2.05) is 19.2 Å². The van der Waals surface area contributed by atoms with Crippen LogP contribution in [0.15, 0.2) is 47.1 Å². The van der Waals surface area contributed by atoms with Crippen LogP contribution >= 0.6 is 0 Å². The molecule has 1 fully saturated rings. The van der Waals surface area contributed by atoms with E-state index in [1.54, 1.807) is 23.4 Å². The number of nitrogens with zero attached hydrogens (tertiary/aromatic N) is 3. The second kappa shape index (κ2) is 6.16. The number of amides is 1. The van der Waals surface area contributed by atoms with Crippen molar-refractivity contribution >= 4 is 23.0 Å². The van der Waals surface area contributed by atoms with E-state index in [1.165, 1.54) is 12.1 Å². The summed E-state index contributed by atoms with van der Waals surface area (Å²) < 4.78 is 18.8. The SMILES string of the molecule is CN1C(=O)C[C@@H](CNc2nc3cc(F)ccc3o2)[C@@H]1c1cccnc1. The van der Waals surface area contributed by atoms with Gasteiger partial charge in [-0.05, 0) is 23.8 Å². The molecule has 0 aliphatic carbocycles. The van der Waals surface area contributed by atoms with Crippen molar-refractivity contribution in [3.05, 3.63) is 54.1 Å². The van der Waals surface area contributed by atoms with E-state index in [9.17, 15) is 9.18 Å². The first-order valence-corrected chi connectivity index (χ1v) is 8.07. The van der Waals surface area contributed by atoms with Gasteiger partial charge in [-0.25, -0.2) is 4.39 Å². The Kier molecular flexibility index (Phi) is 3.83. The zero-order valence-electron chi connectivity index (χ0n) is 13.6. The molecule has 0 unspecified atom stereocenters. The highest BCUT2D eigenvalue weighted by Gasteiger charge is 2.38. The number of aromatic nitrogens is 2. The number of oxazole rings is 1. The number of rotatable bonds is 4. The summed E-state index contributed by atoms with van der Waals surface area (Å²) in [5.41, 5.74) is 1.99. The highest BCUT2D eigenvalue weighted by atomic mass is 19.1. The number of carbonyl (C=O) groups is 1. The molecule has 0 bridgehead atoms. The smallest absolute Gasteiger partial charge is 0.295 e. The highest BCUT2D eigenvalue weighted by Crippen LogP contribution is 2.36. The molecule has 2 aromatic heterocycles. The summed E-state index contributed by atoms with van der Waals surface area (Å²) in [6.45, 7) is 0.519. The van der Waals surface area contributed by atoms with Gasteiger partial charge in [0.25, 0.3) is 6.01 Å². The third kappa shape index (κ3) is 2.93. The lowest BCUT2D eigenvalue weighted by molar-refractivity contribution is -0.127. The molecule has 3 heterocycles. The van der Waals surface area contributed by atoms with Crippen LogP contribution in [-0.4, -0.2) is 34.4 Å². The first kappa shape index (κ1) is 15.6. The molecule has 0 radical (unpaired) electrons. The molecule has 1 N–H and O–H groups in total. The molecule has 0 spiro atoms. The van der Waals surface area contributed by atoms with Crippen LogP contribution in [-0.2, 0) is 4.79 Å². The van der Waals surface area contributed by atoms with Crippen LogP contribution in [0.4, 0.5) is 10.4 Å². The van der Waals surface area contributed by atoms with Gasteiger partial charge in [0.05, 0.1) is 6.04 Å². The quantitative estimate of drug-likeness (QED) is 0.790. The molecular weight excluding hydrogens is 323 g/mol. The van der Waals surface area contributed by atoms with Crippen LogP contribution in [0.25, 0.3) is 11.1 Å². The number of hydrogen-bond acceptors (Lipinski definition) is 5. The lowest BCUT2D eigenvalue weighted by Crippen LogP contribution is -2.26. The van der Waals surface area contributed by atoms with E-state index >= 15 is 0 Å². The summed E-state index contributed by atoms with van der Waals surface area (Å²) in [7, 11) is 1.81. The lowest BCUT2D eigenvalue weighted by Gasteiger charge is -2.25. The Morgan fingerprint density at radius 2 is 2.28 bits per heavy atom. The average molecular weight is 340 g/mol. The second-order valence-corrected chi connectivity index (χ2v) is 6.21. The molecule has 6 nitrogen and oxygen atoms in total. The van der Waals surface area contributed by atoms with Gasteiger partial charge in [-0.2, -0.15) is 4.98 Å². The Bertz CT molecular complexity index is 912. The van der Waals surface area contributed by atoms with E-state index in [-0.39, 0.29) is 23.7 Å². The van der Waals surface area contributed by atoms with Gasteiger partial charge in [0.1, 0.15) is 11.3 Å². The fourth-order valence-corrected chi connectivity index (χ4v) is 3.38. The standard InChI is InChI=1S/C18H17FN4O2/c1-23-16(24)7-12(17(23)11-3-2-6-20-9-11)10-21-18-22-14-8-13(19)4-5-15(14)25-18/h2-6,8-9,12,17H,7,10H2,1H3,(H,21,22)/t12-,17-/m0/s1. The Labute approximate surface area is 143 Å². The molecule has 1 amide bonds. The number of nitrogens with one attached hydrogen (secondary N) is 1. The Hall–Kier alpha value is -2.96. The molecule has 2 atom stereocenters. The number of carbonyl (C=O) groups excluding carboxylic acids is 1. The Morgan fingerprint density at radius 3 is 3.08 bits per heavy atom. The molecule has 7 heteroatoms. The van der Waals surface area contributed by atoms with Gasteiger partial charge in [0.15, 0.2) is 5.58 Å². The van der Waals surface area contributed by atoms with E-state index < -0.39 is 0 Å². The monoisotopic (exact) mass is 340 g/mol. The molecule has 1 aromatic carbocycles. The van der Waals surface area contributed by atoms with Crippen LogP contribution in [0, 0.1) is 11.7 Å². The number of likely N-dealkylation sites (tertiary alicyclic amines) is 1. The van der Waals surface area contributed by atoms with Gasteiger partial charge in [-0.1, -0.05) is 6.07 Å². The van der Waals surface area contributed by atoms with Crippen molar-refractivity contribution < 1.29 is 13.6 Å². The van der Waals surface area contributed by atoms with Crippen LogP contribution in [0.1, 0.15) is 18.0 Å². The molecule has 4 rings (SSSR count). The number of pyridine rings is 1. The first-order valence-electron chi connectivity index (χ1n) is 8.07. The minimum absolute atomic E-state index is 0.0458. The molecule has 1 aliphatic rings. The number of hydrogen-bond donors (Lipinski definition) is 1. The predicted molar refractivity (Wildman–Crippen MR) is 90.3 cm³/mol. The minimum Gasteiger partial charge on any atom is -0.424 e. The zero-order chi connectivity index (χ0) is 17.4. The Balaban J connectivity index is 1.53. The molecule has 3 aromatic rings. The van der Waals surface area contributed by atoms with Crippen molar-refractivity contribution in [2.45, 2.75) is 12.5 Å². The van der Waals surface area contributed by atoms with Crippen LogP contribution in [0.3, 0.4) is 0 Å². The van der Waals surface area contributed by atoms with Gasteiger partial charge in [0.2, 0.25) is 5.91 Å². The molecule has 25 heavy (non-hydrogen) atoms. The van der Waals surface area contributed by atoms with Gasteiger partial charge >= 0.3 is 0 Å². The molecule has 0 saturated carbocycles. The molecule has 128 valence electrons. The van der Waals surface area contributed by atoms with E-state index in [4.69, 9.17) is 4.42 Å². The summed E-state index contributed by atoms with van der Waals surface area (Å²) in [4.78, 5) is 22.3. The van der Waals surface area contributed by atoms with Crippen molar-refractivity contribution in [1.82, 2.24) is 14.9 Å². The van der Waals surface area contributed by atoms with Gasteiger partial charge in [-0.15, -0.1) is 0 Å². The number of halogens is 1. The van der Waals surface area contributed by atoms with Gasteiger partial charge < -0.3 is 14.6 Å². The van der Waals surface area contributed by atoms with Crippen LogP contribution < -0.4 is 5.32 Å². The predicted octanol–water partition coefficient (Wildman–Crippen LogP) is 2.99. The van der Waals surface area contributed by atoms with Crippen molar-refractivity contribution in [3.63, 3.8) is 0 Å².